The van der Waals surface area contributed by atoms with Crippen LogP contribution in [0.15, 0.2) is 0 Å². The van der Waals surface area contributed by atoms with Crippen LogP contribution in [0.2, 0.25) is 0 Å². The summed E-state index contributed by atoms with van der Waals surface area (Å²) in [4.78, 5) is 21.5. The van der Waals surface area contributed by atoms with Crippen molar-refractivity contribution < 1.29 is 9.59 Å². The van der Waals surface area contributed by atoms with Crippen LogP contribution >= 0.6 is 0 Å². The van der Waals surface area contributed by atoms with Crippen LogP contribution in [0.4, 0.5) is 0 Å². The minimum atomic E-state index is -0.128. The molecule has 0 atom stereocenters. The van der Waals surface area contributed by atoms with E-state index in [9.17, 15) is 9.59 Å². The van der Waals surface area contributed by atoms with Gasteiger partial charge in [-0.05, 0) is 12.8 Å². The zero-order valence-corrected chi connectivity index (χ0v) is 8.64. The smallest absolute Gasteiger partial charge is 0.233 e. The van der Waals surface area contributed by atoms with Crippen LogP contribution in [0.25, 0.3) is 0 Å². The van der Waals surface area contributed by atoms with Gasteiger partial charge in [0.2, 0.25) is 11.8 Å². The maximum Gasteiger partial charge on any atom is 0.233 e. The Morgan fingerprint density at radius 1 is 1.14 bits per heavy atom. The predicted octanol–water partition coefficient (Wildman–Crippen LogP) is -0.632. The fraction of sp³-hybridized carbons (Fsp3) is 0.778. The average molecular weight is 201 g/mol. The standard InChI is InChI=1S/C9H19N3O2/c1-11-8(13)5-3-2-4-6-12-9(14)7-10/h2-7,10H2,1H3,(H,11,13)(H,12,14). The van der Waals surface area contributed by atoms with Crippen molar-refractivity contribution in [2.45, 2.75) is 25.7 Å². The molecule has 0 fully saturated rings. The summed E-state index contributed by atoms with van der Waals surface area (Å²) in [6, 6.07) is 0. The Bertz CT molecular complexity index is 163. The molecule has 0 aromatic rings. The lowest BCUT2D eigenvalue weighted by Crippen LogP contribution is -2.30. The van der Waals surface area contributed by atoms with Crippen LogP contribution in [0.3, 0.4) is 0 Å². The van der Waals surface area contributed by atoms with Crippen LogP contribution in [0.1, 0.15) is 25.7 Å². The van der Waals surface area contributed by atoms with Gasteiger partial charge in [-0.25, -0.2) is 0 Å². The minimum absolute atomic E-state index is 0.0399. The molecule has 5 heteroatoms. The molecule has 0 aliphatic rings. The maximum atomic E-state index is 10.8. The molecule has 0 aromatic carbocycles. The van der Waals surface area contributed by atoms with Crippen LogP contribution in [0.5, 0.6) is 0 Å². The first kappa shape index (κ1) is 12.9. The number of carbonyl (C=O) groups excluding carboxylic acids is 2. The third-order valence-corrected chi connectivity index (χ3v) is 1.87. The number of hydrogen-bond acceptors (Lipinski definition) is 3. The van der Waals surface area contributed by atoms with Crippen molar-refractivity contribution in [1.29, 1.82) is 0 Å². The van der Waals surface area contributed by atoms with E-state index >= 15 is 0 Å². The second kappa shape index (κ2) is 8.50. The SMILES string of the molecule is CNC(=O)CCCCCNC(=O)CN. The number of carbonyl (C=O) groups is 2. The first-order valence-corrected chi connectivity index (χ1v) is 4.88. The first-order valence-electron chi connectivity index (χ1n) is 4.88. The number of unbranched alkanes of at least 4 members (excludes halogenated alkanes) is 2. The highest BCUT2D eigenvalue weighted by Crippen LogP contribution is 1.98. The molecule has 0 saturated heterocycles. The largest absolute Gasteiger partial charge is 0.359 e. The molecule has 0 heterocycles. The molecule has 14 heavy (non-hydrogen) atoms. The third kappa shape index (κ3) is 7.54. The van der Waals surface area contributed by atoms with Gasteiger partial charge in [0.05, 0.1) is 6.54 Å². The van der Waals surface area contributed by atoms with E-state index in [4.69, 9.17) is 5.73 Å². The Kier molecular flexibility index (Phi) is 7.83. The molecular weight excluding hydrogens is 182 g/mol. The summed E-state index contributed by atoms with van der Waals surface area (Å²) >= 11 is 0. The van der Waals surface area contributed by atoms with Crippen molar-refractivity contribution in [3.05, 3.63) is 0 Å². The summed E-state index contributed by atoms with van der Waals surface area (Å²) in [6.07, 6.45) is 3.25. The van der Waals surface area contributed by atoms with E-state index in [1.165, 1.54) is 0 Å². The van der Waals surface area contributed by atoms with Gasteiger partial charge < -0.3 is 16.4 Å². The molecule has 4 N–H and O–H groups in total. The number of rotatable bonds is 7. The number of hydrogen-bond donors (Lipinski definition) is 3. The molecule has 0 radical (unpaired) electrons. The normalized spacial score (nSPS) is 9.57. The predicted molar refractivity (Wildman–Crippen MR) is 54.6 cm³/mol. The summed E-state index contributed by atoms with van der Waals surface area (Å²) in [7, 11) is 1.63. The molecule has 0 unspecified atom stereocenters. The Labute approximate surface area is 84.4 Å². The maximum absolute atomic E-state index is 10.8. The van der Waals surface area contributed by atoms with Crippen molar-refractivity contribution in [1.82, 2.24) is 10.6 Å². The molecule has 2 amide bonds. The van der Waals surface area contributed by atoms with Gasteiger partial charge in [0, 0.05) is 20.0 Å². The minimum Gasteiger partial charge on any atom is -0.359 e. The fourth-order valence-corrected chi connectivity index (χ4v) is 1.01. The first-order chi connectivity index (χ1) is 6.70. The van der Waals surface area contributed by atoms with Crippen LogP contribution in [-0.2, 0) is 9.59 Å². The Hall–Kier alpha value is -1.10. The van der Waals surface area contributed by atoms with Gasteiger partial charge in [-0.2, -0.15) is 0 Å². The van der Waals surface area contributed by atoms with Gasteiger partial charge >= 0.3 is 0 Å². The molecule has 0 saturated carbocycles. The van der Waals surface area contributed by atoms with Crippen molar-refractivity contribution in [2.24, 2.45) is 5.73 Å². The van der Waals surface area contributed by atoms with E-state index in [1.54, 1.807) is 7.05 Å². The van der Waals surface area contributed by atoms with Crippen LogP contribution < -0.4 is 16.4 Å². The third-order valence-electron chi connectivity index (χ3n) is 1.87. The zero-order chi connectivity index (χ0) is 10.8. The van der Waals surface area contributed by atoms with Gasteiger partial charge in [-0.15, -0.1) is 0 Å². The lowest BCUT2D eigenvalue weighted by Gasteiger charge is -2.02. The van der Waals surface area contributed by atoms with Gasteiger partial charge in [0.15, 0.2) is 0 Å². The average Bonchev–Trinajstić information content (AvgIpc) is 2.22. The van der Waals surface area contributed by atoms with Crippen LogP contribution in [-0.4, -0.2) is 32.0 Å². The topological polar surface area (TPSA) is 84.2 Å². The number of nitrogens with two attached hydrogens (primary N) is 1. The molecule has 0 aliphatic carbocycles. The van der Waals surface area contributed by atoms with E-state index in [1.807, 2.05) is 0 Å². The highest BCUT2D eigenvalue weighted by atomic mass is 16.2. The highest BCUT2D eigenvalue weighted by molar-refractivity contribution is 5.77. The second-order valence-electron chi connectivity index (χ2n) is 3.04. The van der Waals surface area contributed by atoms with Gasteiger partial charge in [-0.3, -0.25) is 9.59 Å². The Morgan fingerprint density at radius 2 is 1.86 bits per heavy atom. The quantitative estimate of drug-likeness (QED) is 0.479. The molecule has 82 valence electrons. The van der Waals surface area contributed by atoms with Crippen LogP contribution in [0, 0.1) is 0 Å². The molecule has 0 spiro atoms. The Balaban J connectivity index is 3.14. The van der Waals surface area contributed by atoms with E-state index in [-0.39, 0.29) is 18.4 Å². The zero-order valence-electron chi connectivity index (χ0n) is 8.64. The highest BCUT2D eigenvalue weighted by Gasteiger charge is 1.98. The molecule has 0 bridgehead atoms. The van der Waals surface area contributed by atoms with E-state index < -0.39 is 0 Å². The number of nitrogens with one attached hydrogen (secondary N) is 2. The second-order valence-corrected chi connectivity index (χ2v) is 3.04. The van der Waals surface area contributed by atoms with Crippen molar-refractivity contribution in [3.8, 4) is 0 Å². The molecule has 0 aliphatic heterocycles. The molecular formula is C9H19N3O2. The van der Waals surface area contributed by atoms with E-state index in [0.29, 0.717) is 13.0 Å². The summed E-state index contributed by atoms with van der Waals surface area (Å²) in [5.74, 6) is -0.0627. The van der Waals surface area contributed by atoms with Crippen molar-refractivity contribution >= 4 is 11.8 Å². The molecule has 5 nitrogen and oxygen atoms in total. The van der Waals surface area contributed by atoms with E-state index in [2.05, 4.69) is 10.6 Å². The lowest BCUT2D eigenvalue weighted by atomic mass is 10.2. The molecule has 0 rings (SSSR count). The van der Waals surface area contributed by atoms with E-state index in [0.717, 1.165) is 19.3 Å². The van der Waals surface area contributed by atoms with Gasteiger partial charge in [0.25, 0.3) is 0 Å². The lowest BCUT2D eigenvalue weighted by molar-refractivity contribution is -0.121. The molecule has 0 aromatic heterocycles. The van der Waals surface area contributed by atoms with Crippen molar-refractivity contribution in [2.75, 3.05) is 20.1 Å². The Morgan fingerprint density at radius 3 is 2.43 bits per heavy atom. The monoisotopic (exact) mass is 201 g/mol. The summed E-state index contributed by atoms with van der Waals surface area (Å²) in [5.41, 5.74) is 5.11. The van der Waals surface area contributed by atoms with Crippen molar-refractivity contribution in [3.63, 3.8) is 0 Å². The summed E-state index contributed by atoms with van der Waals surface area (Å²) in [5, 5.41) is 5.23. The van der Waals surface area contributed by atoms with Gasteiger partial charge in [0.1, 0.15) is 0 Å². The fourth-order valence-electron chi connectivity index (χ4n) is 1.01. The summed E-state index contributed by atoms with van der Waals surface area (Å²) < 4.78 is 0. The summed E-state index contributed by atoms with van der Waals surface area (Å²) in [6.45, 7) is 0.683. The van der Waals surface area contributed by atoms with Gasteiger partial charge in [-0.1, -0.05) is 6.42 Å². The number of amides is 2.